The first-order valence-electron chi connectivity index (χ1n) is 9.35. The van der Waals surface area contributed by atoms with E-state index >= 15 is 0 Å². The molecule has 7 heteroatoms. The SMILES string of the molecule is COc1cccc(C2C(C(=O)N(C)C)=C(C)Nc3nc4ccccc4n32)c1OC. The Labute approximate surface area is 169 Å². The lowest BCUT2D eigenvalue weighted by atomic mass is 9.93. The number of carbonyl (C=O) groups is 1. The number of nitrogens with one attached hydrogen (secondary N) is 1. The molecule has 0 fully saturated rings. The highest BCUT2D eigenvalue weighted by molar-refractivity contribution is 5.97. The minimum absolute atomic E-state index is 0.0756. The molecule has 0 spiro atoms. The quantitative estimate of drug-likeness (QED) is 0.737. The van der Waals surface area contributed by atoms with E-state index in [1.807, 2.05) is 49.4 Å². The summed E-state index contributed by atoms with van der Waals surface area (Å²) in [4.78, 5) is 19.6. The molecule has 1 aromatic heterocycles. The van der Waals surface area contributed by atoms with Crippen molar-refractivity contribution in [1.29, 1.82) is 0 Å². The van der Waals surface area contributed by atoms with Crippen molar-refractivity contribution in [3.05, 3.63) is 59.3 Å². The molecule has 7 nitrogen and oxygen atoms in total. The van der Waals surface area contributed by atoms with Crippen molar-refractivity contribution in [1.82, 2.24) is 14.5 Å². The molecule has 0 bridgehead atoms. The molecule has 1 atom stereocenters. The zero-order chi connectivity index (χ0) is 20.7. The van der Waals surface area contributed by atoms with Gasteiger partial charge in [-0.3, -0.25) is 9.36 Å². The van der Waals surface area contributed by atoms with E-state index in [1.165, 1.54) is 0 Å². The number of ether oxygens (including phenoxy) is 2. The Kier molecular flexibility index (Phi) is 4.66. The number of nitrogens with zero attached hydrogens (tertiary/aromatic N) is 3. The molecule has 29 heavy (non-hydrogen) atoms. The monoisotopic (exact) mass is 392 g/mol. The third kappa shape index (κ3) is 2.90. The van der Waals surface area contributed by atoms with E-state index in [1.54, 1.807) is 33.2 Å². The zero-order valence-corrected chi connectivity index (χ0v) is 17.2. The van der Waals surface area contributed by atoms with Gasteiger partial charge in [0.2, 0.25) is 5.95 Å². The summed E-state index contributed by atoms with van der Waals surface area (Å²) in [6.07, 6.45) is 0. The van der Waals surface area contributed by atoms with Gasteiger partial charge in [-0.05, 0) is 25.1 Å². The van der Waals surface area contributed by atoms with Crippen molar-refractivity contribution in [2.45, 2.75) is 13.0 Å². The number of methoxy groups -OCH3 is 2. The van der Waals surface area contributed by atoms with Crippen LogP contribution in [0.5, 0.6) is 11.5 Å². The summed E-state index contributed by atoms with van der Waals surface area (Å²) < 4.78 is 13.3. The summed E-state index contributed by atoms with van der Waals surface area (Å²) in [5.74, 6) is 1.83. The highest BCUT2D eigenvalue weighted by atomic mass is 16.5. The van der Waals surface area contributed by atoms with Crippen molar-refractivity contribution >= 4 is 22.9 Å². The van der Waals surface area contributed by atoms with Crippen LogP contribution in [0.25, 0.3) is 11.0 Å². The van der Waals surface area contributed by atoms with Crippen LogP contribution in [0.4, 0.5) is 5.95 Å². The van der Waals surface area contributed by atoms with Gasteiger partial charge in [-0.25, -0.2) is 4.98 Å². The Bertz CT molecular complexity index is 1130. The van der Waals surface area contributed by atoms with Gasteiger partial charge < -0.3 is 19.7 Å². The number of rotatable bonds is 4. The maximum absolute atomic E-state index is 13.2. The van der Waals surface area contributed by atoms with E-state index in [2.05, 4.69) is 9.88 Å². The van der Waals surface area contributed by atoms with Gasteiger partial charge in [0.05, 0.1) is 36.9 Å². The number of carbonyl (C=O) groups excluding carboxylic acids is 1. The molecule has 150 valence electrons. The van der Waals surface area contributed by atoms with Gasteiger partial charge in [0.15, 0.2) is 11.5 Å². The maximum Gasteiger partial charge on any atom is 0.253 e. The average molecular weight is 392 g/mol. The van der Waals surface area contributed by atoms with E-state index in [-0.39, 0.29) is 5.91 Å². The van der Waals surface area contributed by atoms with Crippen molar-refractivity contribution in [2.75, 3.05) is 33.6 Å². The lowest BCUT2D eigenvalue weighted by Gasteiger charge is -2.32. The fraction of sp³-hybridized carbons (Fsp3) is 0.273. The Hall–Kier alpha value is -3.48. The molecule has 0 aliphatic carbocycles. The molecular formula is C22H24N4O3. The summed E-state index contributed by atoms with van der Waals surface area (Å²) >= 11 is 0. The molecule has 0 saturated heterocycles. The number of hydrogen-bond donors (Lipinski definition) is 1. The van der Waals surface area contributed by atoms with Crippen molar-refractivity contribution < 1.29 is 14.3 Å². The average Bonchev–Trinajstić information content (AvgIpc) is 3.09. The Morgan fingerprint density at radius 2 is 1.86 bits per heavy atom. The smallest absolute Gasteiger partial charge is 0.253 e. The second kappa shape index (κ2) is 7.16. The third-order valence-corrected chi connectivity index (χ3v) is 5.20. The van der Waals surface area contributed by atoms with E-state index in [0.717, 1.165) is 22.3 Å². The molecule has 0 saturated carbocycles. The number of fused-ring (bicyclic) bond motifs is 3. The molecule has 2 aromatic carbocycles. The summed E-state index contributed by atoms with van der Waals surface area (Å²) in [6.45, 7) is 1.90. The van der Waals surface area contributed by atoms with E-state index in [0.29, 0.717) is 23.0 Å². The Morgan fingerprint density at radius 1 is 1.10 bits per heavy atom. The van der Waals surface area contributed by atoms with E-state index in [9.17, 15) is 4.79 Å². The summed E-state index contributed by atoms with van der Waals surface area (Å²) in [5.41, 5.74) is 4.02. The van der Waals surface area contributed by atoms with Gasteiger partial charge in [0.25, 0.3) is 5.91 Å². The molecule has 1 unspecified atom stereocenters. The first-order valence-corrected chi connectivity index (χ1v) is 9.35. The van der Waals surface area contributed by atoms with Crippen LogP contribution in [0.3, 0.4) is 0 Å². The maximum atomic E-state index is 13.2. The van der Waals surface area contributed by atoms with Crippen LogP contribution in [0, 0.1) is 0 Å². The number of allylic oxidation sites excluding steroid dienone is 1. The van der Waals surface area contributed by atoms with Crippen LogP contribution < -0.4 is 14.8 Å². The van der Waals surface area contributed by atoms with Crippen molar-refractivity contribution in [2.24, 2.45) is 0 Å². The minimum Gasteiger partial charge on any atom is -0.493 e. The first kappa shape index (κ1) is 18.9. The fourth-order valence-corrected chi connectivity index (χ4v) is 3.90. The summed E-state index contributed by atoms with van der Waals surface area (Å²) in [5, 5.41) is 3.31. The number of benzene rings is 2. The van der Waals surface area contributed by atoms with E-state index in [4.69, 9.17) is 14.5 Å². The zero-order valence-electron chi connectivity index (χ0n) is 17.2. The van der Waals surface area contributed by atoms with Crippen LogP contribution >= 0.6 is 0 Å². The number of likely N-dealkylation sites (N-methyl/N-ethyl adjacent to an activating group) is 1. The Morgan fingerprint density at radius 3 is 2.55 bits per heavy atom. The number of amides is 1. The lowest BCUT2D eigenvalue weighted by Crippen LogP contribution is -2.34. The number of hydrogen-bond acceptors (Lipinski definition) is 5. The molecule has 3 aromatic rings. The molecule has 1 amide bonds. The summed E-state index contributed by atoms with van der Waals surface area (Å²) in [6, 6.07) is 13.2. The van der Waals surface area contributed by atoms with Crippen molar-refractivity contribution in [3.8, 4) is 11.5 Å². The van der Waals surface area contributed by atoms with Gasteiger partial charge in [-0.1, -0.05) is 24.3 Å². The molecule has 1 aliphatic heterocycles. The molecule has 1 N–H and O–H groups in total. The predicted molar refractivity (Wildman–Crippen MR) is 112 cm³/mol. The summed E-state index contributed by atoms with van der Waals surface area (Å²) in [7, 11) is 6.72. The van der Waals surface area contributed by atoms with Crippen LogP contribution in [0.1, 0.15) is 18.5 Å². The largest absolute Gasteiger partial charge is 0.493 e. The molecular weight excluding hydrogens is 368 g/mol. The van der Waals surface area contributed by atoms with Crippen LogP contribution in [-0.4, -0.2) is 48.7 Å². The van der Waals surface area contributed by atoms with E-state index < -0.39 is 6.04 Å². The van der Waals surface area contributed by atoms with Gasteiger partial charge in [0, 0.05) is 25.4 Å². The number of para-hydroxylation sites is 3. The van der Waals surface area contributed by atoms with Gasteiger partial charge >= 0.3 is 0 Å². The third-order valence-electron chi connectivity index (χ3n) is 5.20. The van der Waals surface area contributed by atoms with Gasteiger partial charge in [-0.15, -0.1) is 0 Å². The van der Waals surface area contributed by atoms with Crippen molar-refractivity contribution in [3.63, 3.8) is 0 Å². The Balaban J connectivity index is 2.06. The minimum atomic E-state index is -0.418. The second-order valence-electron chi connectivity index (χ2n) is 7.14. The normalized spacial score (nSPS) is 15.7. The van der Waals surface area contributed by atoms with Gasteiger partial charge in [0.1, 0.15) is 0 Å². The topological polar surface area (TPSA) is 68.6 Å². The van der Waals surface area contributed by atoms with Crippen LogP contribution in [0.15, 0.2) is 53.7 Å². The predicted octanol–water partition coefficient (Wildman–Crippen LogP) is 3.43. The number of anilines is 1. The molecule has 0 radical (unpaired) electrons. The lowest BCUT2D eigenvalue weighted by molar-refractivity contribution is -0.125. The first-order chi connectivity index (χ1) is 14.0. The fourth-order valence-electron chi connectivity index (χ4n) is 3.90. The van der Waals surface area contributed by atoms with Gasteiger partial charge in [-0.2, -0.15) is 0 Å². The molecule has 4 rings (SSSR count). The number of aromatic nitrogens is 2. The highest BCUT2D eigenvalue weighted by Crippen LogP contribution is 2.45. The highest BCUT2D eigenvalue weighted by Gasteiger charge is 2.36. The number of imidazole rings is 1. The van der Waals surface area contributed by atoms with Crippen LogP contribution in [0.2, 0.25) is 0 Å². The molecule has 1 aliphatic rings. The van der Waals surface area contributed by atoms with Crippen LogP contribution in [-0.2, 0) is 4.79 Å². The standard InChI is InChI=1S/C22H24N4O3/c1-13-18(21(27)25(2)3)19(14-9-8-12-17(28-4)20(14)29-5)26-16-11-7-6-10-15(16)24-22(26)23-13/h6-12,19H,1-5H3,(H,23,24). The second-order valence-corrected chi connectivity index (χ2v) is 7.14. The molecule has 2 heterocycles.